The molecule has 0 radical (unpaired) electrons. The van der Waals surface area contributed by atoms with Crippen molar-refractivity contribution in [1.82, 2.24) is 10.2 Å². The fraction of sp³-hybridized carbons (Fsp3) is 0. The molecule has 0 saturated carbocycles. The molecule has 0 amide bonds. The van der Waals surface area contributed by atoms with Crippen molar-refractivity contribution in [2.75, 3.05) is 0 Å². The zero-order chi connectivity index (χ0) is 9.26. The molecule has 0 aliphatic carbocycles. The van der Waals surface area contributed by atoms with Gasteiger partial charge in [0, 0.05) is 10.3 Å². The number of hydrogen-bond donors (Lipinski definition) is 1. The monoisotopic (exact) mass is 193 g/mol. The van der Waals surface area contributed by atoms with Crippen molar-refractivity contribution in [3.63, 3.8) is 0 Å². The standard InChI is InChI=1S/C7H4ClN5/c8-7-6-4(10-12-7)2-1-3-5(6)11-13-9/h1-3H,(H,10,12). The molecule has 6 heteroatoms. The maximum absolute atomic E-state index is 8.29. The Labute approximate surface area is 77.9 Å². The van der Waals surface area contributed by atoms with E-state index in [9.17, 15) is 0 Å². The van der Waals surface area contributed by atoms with Crippen LogP contribution in [0.15, 0.2) is 23.3 Å². The minimum Gasteiger partial charge on any atom is -0.266 e. The third-order valence-corrected chi connectivity index (χ3v) is 1.94. The highest BCUT2D eigenvalue weighted by atomic mass is 35.5. The molecule has 0 spiro atoms. The van der Waals surface area contributed by atoms with Crippen LogP contribution < -0.4 is 0 Å². The predicted molar refractivity (Wildman–Crippen MR) is 49.9 cm³/mol. The number of halogens is 1. The van der Waals surface area contributed by atoms with E-state index in [-0.39, 0.29) is 0 Å². The van der Waals surface area contributed by atoms with E-state index in [0.717, 1.165) is 0 Å². The topological polar surface area (TPSA) is 77.4 Å². The summed E-state index contributed by atoms with van der Waals surface area (Å²) in [5.41, 5.74) is 9.47. The third-order valence-electron chi connectivity index (χ3n) is 1.67. The summed E-state index contributed by atoms with van der Waals surface area (Å²) < 4.78 is 0. The summed E-state index contributed by atoms with van der Waals surface area (Å²) in [6.45, 7) is 0. The summed E-state index contributed by atoms with van der Waals surface area (Å²) in [7, 11) is 0. The summed E-state index contributed by atoms with van der Waals surface area (Å²) in [4.78, 5) is 2.70. The number of nitrogens with one attached hydrogen (secondary N) is 1. The van der Waals surface area contributed by atoms with Crippen molar-refractivity contribution in [2.45, 2.75) is 0 Å². The number of rotatable bonds is 1. The Hall–Kier alpha value is -1.71. The number of aromatic amines is 1. The van der Waals surface area contributed by atoms with E-state index in [1.165, 1.54) is 0 Å². The highest BCUT2D eigenvalue weighted by Crippen LogP contribution is 2.30. The first-order valence-corrected chi connectivity index (χ1v) is 3.88. The number of aromatic nitrogens is 2. The molecule has 0 atom stereocenters. The van der Waals surface area contributed by atoms with Crippen molar-refractivity contribution in [1.29, 1.82) is 0 Å². The van der Waals surface area contributed by atoms with Gasteiger partial charge in [-0.05, 0) is 11.6 Å². The SMILES string of the molecule is [N-]=[N+]=Nc1cccc2n[nH]c(Cl)c12. The Morgan fingerprint density at radius 3 is 3.15 bits per heavy atom. The van der Waals surface area contributed by atoms with Crippen LogP contribution in [0.2, 0.25) is 5.15 Å². The normalized spacial score (nSPS) is 9.92. The molecular formula is C7H4ClN5. The Kier molecular flexibility index (Phi) is 1.81. The summed E-state index contributed by atoms with van der Waals surface area (Å²) in [5, 5.41) is 11.1. The molecule has 0 fully saturated rings. The summed E-state index contributed by atoms with van der Waals surface area (Å²) in [6, 6.07) is 5.22. The zero-order valence-electron chi connectivity index (χ0n) is 6.40. The van der Waals surface area contributed by atoms with E-state index in [4.69, 9.17) is 17.1 Å². The van der Waals surface area contributed by atoms with Gasteiger partial charge in [-0.3, -0.25) is 5.10 Å². The molecule has 0 aliphatic heterocycles. The Morgan fingerprint density at radius 1 is 1.54 bits per heavy atom. The number of hydrogen-bond acceptors (Lipinski definition) is 2. The lowest BCUT2D eigenvalue weighted by Gasteiger charge is -1.92. The van der Waals surface area contributed by atoms with Gasteiger partial charge in [-0.15, -0.1) is 0 Å². The van der Waals surface area contributed by atoms with E-state index >= 15 is 0 Å². The lowest BCUT2D eigenvalue weighted by molar-refractivity contribution is 1.12. The Bertz CT molecular complexity index is 497. The maximum atomic E-state index is 8.29. The molecule has 1 heterocycles. The summed E-state index contributed by atoms with van der Waals surface area (Å²) >= 11 is 5.81. The lowest BCUT2D eigenvalue weighted by Crippen LogP contribution is -1.67. The van der Waals surface area contributed by atoms with Crippen molar-refractivity contribution < 1.29 is 0 Å². The Morgan fingerprint density at radius 2 is 2.38 bits per heavy atom. The number of fused-ring (bicyclic) bond motifs is 1. The highest BCUT2D eigenvalue weighted by molar-refractivity contribution is 6.35. The minimum atomic E-state index is 0.387. The molecule has 0 unspecified atom stereocenters. The first kappa shape index (κ1) is 7.91. The molecule has 13 heavy (non-hydrogen) atoms. The maximum Gasteiger partial charge on any atom is 0.132 e. The van der Waals surface area contributed by atoms with Gasteiger partial charge >= 0.3 is 0 Å². The predicted octanol–water partition coefficient (Wildman–Crippen LogP) is 3.16. The lowest BCUT2D eigenvalue weighted by atomic mass is 10.2. The van der Waals surface area contributed by atoms with Gasteiger partial charge in [-0.25, -0.2) is 0 Å². The van der Waals surface area contributed by atoms with Crippen LogP contribution in [0.4, 0.5) is 5.69 Å². The van der Waals surface area contributed by atoms with Gasteiger partial charge in [0.1, 0.15) is 5.15 Å². The molecule has 2 aromatic rings. The van der Waals surface area contributed by atoms with Gasteiger partial charge in [-0.1, -0.05) is 28.8 Å². The molecular weight excluding hydrogens is 190 g/mol. The van der Waals surface area contributed by atoms with Crippen LogP contribution in [-0.2, 0) is 0 Å². The van der Waals surface area contributed by atoms with Crippen LogP contribution in [0.1, 0.15) is 0 Å². The molecule has 0 aliphatic rings. The van der Waals surface area contributed by atoms with Gasteiger partial charge in [-0.2, -0.15) is 5.10 Å². The van der Waals surface area contributed by atoms with Crippen LogP contribution in [0.25, 0.3) is 21.3 Å². The number of azide groups is 1. The van der Waals surface area contributed by atoms with E-state index in [1.54, 1.807) is 18.2 Å². The molecule has 0 bridgehead atoms. The number of nitrogens with zero attached hydrogens (tertiary/aromatic N) is 4. The van der Waals surface area contributed by atoms with Crippen LogP contribution in [0.3, 0.4) is 0 Å². The van der Waals surface area contributed by atoms with Crippen molar-refractivity contribution in [3.05, 3.63) is 33.8 Å². The van der Waals surface area contributed by atoms with Crippen LogP contribution >= 0.6 is 11.6 Å². The van der Waals surface area contributed by atoms with Crippen LogP contribution in [0, 0.1) is 0 Å². The van der Waals surface area contributed by atoms with Crippen LogP contribution in [-0.4, -0.2) is 10.2 Å². The van der Waals surface area contributed by atoms with E-state index in [0.29, 0.717) is 21.7 Å². The largest absolute Gasteiger partial charge is 0.266 e. The zero-order valence-corrected chi connectivity index (χ0v) is 7.15. The second-order valence-corrected chi connectivity index (χ2v) is 2.78. The molecule has 1 aromatic heterocycles. The van der Waals surface area contributed by atoms with Gasteiger partial charge < -0.3 is 0 Å². The molecule has 64 valence electrons. The van der Waals surface area contributed by atoms with E-state index in [1.807, 2.05) is 0 Å². The first-order valence-electron chi connectivity index (χ1n) is 3.50. The van der Waals surface area contributed by atoms with Crippen molar-refractivity contribution >= 4 is 28.2 Å². The molecule has 1 N–H and O–H groups in total. The quantitative estimate of drug-likeness (QED) is 0.421. The fourth-order valence-corrected chi connectivity index (χ4v) is 1.38. The average Bonchev–Trinajstić information content (AvgIpc) is 2.50. The van der Waals surface area contributed by atoms with Gasteiger partial charge in [0.15, 0.2) is 0 Å². The van der Waals surface area contributed by atoms with Crippen LogP contribution in [0.5, 0.6) is 0 Å². The smallest absolute Gasteiger partial charge is 0.132 e. The summed E-state index contributed by atoms with van der Waals surface area (Å²) in [5.74, 6) is 0. The van der Waals surface area contributed by atoms with Crippen molar-refractivity contribution in [3.8, 4) is 0 Å². The molecule has 2 rings (SSSR count). The van der Waals surface area contributed by atoms with Gasteiger partial charge in [0.05, 0.1) is 11.2 Å². The molecule has 5 nitrogen and oxygen atoms in total. The average molecular weight is 194 g/mol. The Balaban J connectivity index is 2.87. The summed E-state index contributed by atoms with van der Waals surface area (Å²) in [6.07, 6.45) is 0. The van der Waals surface area contributed by atoms with E-state index < -0.39 is 0 Å². The second-order valence-electron chi connectivity index (χ2n) is 2.40. The molecule has 1 aromatic carbocycles. The van der Waals surface area contributed by atoms with Crippen molar-refractivity contribution in [2.24, 2.45) is 5.11 Å². The second kappa shape index (κ2) is 2.97. The minimum absolute atomic E-state index is 0.387. The number of benzene rings is 1. The third kappa shape index (κ3) is 1.20. The van der Waals surface area contributed by atoms with E-state index in [2.05, 4.69) is 20.2 Å². The highest BCUT2D eigenvalue weighted by Gasteiger charge is 2.05. The first-order chi connectivity index (χ1) is 6.33. The van der Waals surface area contributed by atoms with Gasteiger partial charge in [0.2, 0.25) is 0 Å². The molecule has 0 saturated heterocycles. The van der Waals surface area contributed by atoms with Gasteiger partial charge in [0.25, 0.3) is 0 Å². The number of H-pyrrole nitrogens is 1. The fourth-order valence-electron chi connectivity index (χ4n) is 1.14.